The summed E-state index contributed by atoms with van der Waals surface area (Å²) in [6, 6.07) is 21.3. The van der Waals surface area contributed by atoms with Crippen molar-refractivity contribution in [1.82, 2.24) is 0 Å². The fraction of sp³-hybridized carbons (Fsp3) is 0.111. The van der Waals surface area contributed by atoms with Crippen LogP contribution in [0.2, 0.25) is 0 Å². The van der Waals surface area contributed by atoms with Gasteiger partial charge in [0.05, 0.1) is 19.9 Å². The molecule has 0 saturated heterocycles. The Bertz CT molecular complexity index is 1520. The van der Waals surface area contributed by atoms with Gasteiger partial charge in [0.15, 0.2) is 0 Å². The Hall–Kier alpha value is -3.42. The quantitative estimate of drug-likeness (QED) is 0.283. The summed E-state index contributed by atoms with van der Waals surface area (Å²) in [5.74, 6) is 1.30. The number of benzene rings is 4. The summed E-state index contributed by atoms with van der Waals surface area (Å²) in [4.78, 5) is 0. The summed E-state index contributed by atoms with van der Waals surface area (Å²) in [7, 11) is -0.588. The molecule has 0 spiro atoms. The molecule has 0 fully saturated rings. The van der Waals surface area contributed by atoms with Crippen LogP contribution in [0.4, 0.5) is 5.69 Å². The third kappa shape index (κ3) is 4.24. The van der Waals surface area contributed by atoms with Gasteiger partial charge in [-0.1, -0.05) is 79.0 Å². The molecular formula is C27H25NO4S2. The topological polar surface area (TPSA) is 64.6 Å². The minimum Gasteiger partial charge on any atom is -0.496 e. The highest BCUT2D eigenvalue weighted by molar-refractivity contribution is 8.20. The van der Waals surface area contributed by atoms with E-state index in [1.165, 1.54) is 5.41 Å². The third-order valence-electron chi connectivity index (χ3n) is 5.52. The van der Waals surface area contributed by atoms with Crippen molar-refractivity contribution < 1.29 is 17.9 Å². The molecule has 0 unspecified atom stereocenters. The Morgan fingerprint density at radius 1 is 0.941 bits per heavy atom. The summed E-state index contributed by atoms with van der Waals surface area (Å²) in [5, 5.41) is 5.01. The fourth-order valence-electron chi connectivity index (χ4n) is 4.10. The Labute approximate surface area is 204 Å². The van der Waals surface area contributed by atoms with Gasteiger partial charge in [0.2, 0.25) is 0 Å². The highest BCUT2D eigenvalue weighted by atomic mass is 32.3. The monoisotopic (exact) mass is 491 g/mol. The molecule has 4 rings (SSSR count). The molecule has 0 atom stereocenters. The second-order valence-corrected chi connectivity index (χ2v) is 10.3. The number of allylic oxidation sites excluding steroid dienone is 1. The Morgan fingerprint density at radius 2 is 1.62 bits per heavy atom. The second-order valence-electron chi connectivity index (χ2n) is 7.41. The third-order valence-corrected chi connectivity index (χ3v) is 8.36. The van der Waals surface area contributed by atoms with E-state index >= 15 is 0 Å². The van der Waals surface area contributed by atoms with Gasteiger partial charge in [-0.05, 0) is 35.2 Å². The number of methoxy groups -OCH3 is 2. The first-order valence-corrected chi connectivity index (χ1v) is 12.9. The van der Waals surface area contributed by atoms with Crippen LogP contribution in [0.25, 0.3) is 32.7 Å². The van der Waals surface area contributed by atoms with Crippen LogP contribution in [-0.4, -0.2) is 22.6 Å². The number of anilines is 1. The molecule has 0 aliphatic heterocycles. The van der Waals surface area contributed by atoms with E-state index in [2.05, 4.69) is 11.3 Å². The van der Waals surface area contributed by atoms with E-state index in [1.807, 2.05) is 66.7 Å². The van der Waals surface area contributed by atoms with Crippen molar-refractivity contribution in [2.45, 2.75) is 6.92 Å². The molecule has 1 N–H and O–H groups in total. The number of hydrogen-bond acceptors (Lipinski definition) is 5. The number of sulfonamides is 1. The minimum atomic E-state index is -3.83. The van der Waals surface area contributed by atoms with Crippen molar-refractivity contribution in [1.29, 1.82) is 0 Å². The van der Waals surface area contributed by atoms with Gasteiger partial charge in [0.25, 0.3) is 10.0 Å². The standard InChI is InChI=1S/C27H25NO4S2/c1-5-25(33-6-2)34(29,30)28-23-17-22(27(32-4)21-14-10-9-13-20(21)23)26-19-12-8-7-11-18(19)15-16-24(26)31-3/h5-17,28H,2H2,1,3-4H3. The van der Waals surface area contributed by atoms with Gasteiger partial charge in [-0.25, -0.2) is 8.42 Å². The lowest BCUT2D eigenvalue weighted by atomic mass is 9.93. The van der Waals surface area contributed by atoms with E-state index in [9.17, 15) is 8.42 Å². The van der Waals surface area contributed by atoms with Crippen molar-refractivity contribution in [2.24, 2.45) is 0 Å². The van der Waals surface area contributed by atoms with Gasteiger partial charge in [0.1, 0.15) is 15.7 Å². The first-order valence-electron chi connectivity index (χ1n) is 10.6. The van der Waals surface area contributed by atoms with Crippen LogP contribution in [0.15, 0.2) is 89.0 Å². The van der Waals surface area contributed by atoms with E-state index in [0.29, 0.717) is 17.2 Å². The second kappa shape index (κ2) is 9.83. The lowest BCUT2D eigenvalue weighted by Crippen LogP contribution is -2.13. The van der Waals surface area contributed by atoms with Gasteiger partial charge in [-0.3, -0.25) is 4.72 Å². The van der Waals surface area contributed by atoms with Crippen LogP contribution in [0.1, 0.15) is 6.92 Å². The molecule has 0 amide bonds. The minimum absolute atomic E-state index is 0.173. The molecular weight excluding hydrogens is 466 g/mol. The van der Waals surface area contributed by atoms with Crippen LogP contribution in [-0.2, 0) is 10.0 Å². The maximum absolute atomic E-state index is 13.2. The normalized spacial score (nSPS) is 12.0. The highest BCUT2D eigenvalue weighted by Crippen LogP contribution is 2.47. The Kier molecular flexibility index (Phi) is 6.86. The molecule has 174 valence electrons. The number of rotatable bonds is 8. The summed E-state index contributed by atoms with van der Waals surface area (Å²) >= 11 is 1.05. The number of hydrogen-bond donors (Lipinski definition) is 1. The van der Waals surface area contributed by atoms with Crippen LogP contribution < -0.4 is 14.2 Å². The smallest absolute Gasteiger partial charge is 0.267 e. The lowest BCUT2D eigenvalue weighted by Gasteiger charge is -2.20. The molecule has 0 aromatic heterocycles. The summed E-state index contributed by atoms with van der Waals surface area (Å²) in [6.07, 6.45) is 1.55. The molecule has 0 radical (unpaired) electrons. The lowest BCUT2D eigenvalue weighted by molar-refractivity contribution is 0.413. The zero-order valence-corrected chi connectivity index (χ0v) is 20.8. The maximum Gasteiger partial charge on any atom is 0.267 e. The van der Waals surface area contributed by atoms with Crippen LogP contribution in [0.5, 0.6) is 11.5 Å². The van der Waals surface area contributed by atoms with Crippen LogP contribution in [0, 0.1) is 0 Å². The number of ether oxygens (including phenoxy) is 2. The predicted molar refractivity (Wildman–Crippen MR) is 144 cm³/mol. The zero-order chi connectivity index (χ0) is 24.3. The van der Waals surface area contributed by atoms with Crippen molar-refractivity contribution >= 4 is 49.0 Å². The molecule has 0 bridgehead atoms. The van der Waals surface area contributed by atoms with E-state index < -0.39 is 10.0 Å². The number of nitrogens with one attached hydrogen (secondary N) is 1. The van der Waals surface area contributed by atoms with Gasteiger partial charge in [-0.15, -0.1) is 0 Å². The van der Waals surface area contributed by atoms with Gasteiger partial charge in [-0.2, -0.15) is 0 Å². The number of fused-ring (bicyclic) bond motifs is 2. The summed E-state index contributed by atoms with van der Waals surface area (Å²) in [6.45, 7) is 5.33. The molecule has 7 heteroatoms. The van der Waals surface area contributed by atoms with E-state index in [1.54, 1.807) is 27.2 Å². The molecule has 0 aliphatic carbocycles. The van der Waals surface area contributed by atoms with E-state index in [4.69, 9.17) is 9.47 Å². The van der Waals surface area contributed by atoms with Crippen molar-refractivity contribution in [2.75, 3.05) is 18.9 Å². The first kappa shape index (κ1) is 23.7. The molecule has 4 aromatic rings. The zero-order valence-electron chi connectivity index (χ0n) is 19.2. The Morgan fingerprint density at radius 3 is 2.26 bits per heavy atom. The van der Waals surface area contributed by atoms with E-state index in [0.717, 1.165) is 44.4 Å². The summed E-state index contributed by atoms with van der Waals surface area (Å²) in [5.41, 5.74) is 2.01. The largest absolute Gasteiger partial charge is 0.496 e. The van der Waals surface area contributed by atoms with Crippen molar-refractivity contribution in [3.8, 4) is 22.6 Å². The van der Waals surface area contributed by atoms with Crippen LogP contribution >= 0.6 is 11.8 Å². The molecule has 5 nitrogen and oxygen atoms in total. The fourth-order valence-corrected chi connectivity index (χ4v) is 6.11. The molecule has 34 heavy (non-hydrogen) atoms. The SMILES string of the molecule is C=CSC(=CC)S(=O)(=O)Nc1cc(-c2c(OC)ccc3ccccc23)c(OC)c2ccccc12. The molecule has 4 aromatic carbocycles. The summed E-state index contributed by atoms with van der Waals surface area (Å²) < 4.78 is 41.0. The van der Waals surface area contributed by atoms with Gasteiger partial charge >= 0.3 is 0 Å². The molecule has 0 aliphatic rings. The average molecular weight is 492 g/mol. The average Bonchev–Trinajstić information content (AvgIpc) is 2.86. The predicted octanol–water partition coefficient (Wildman–Crippen LogP) is 7.16. The van der Waals surface area contributed by atoms with Crippen molar-refractivity contribution in [3.63, 3.8) is 0 Å². The van der Waals surface area contributed by atoms with Gasteiger partial charge < -0.3 is 9.47 Å². The Balaban J connectivity index is 2.06. The van der Waals surface area contributed by atoms with Gasteiger partial charge in [0, 0.05) is 21.9 Å². The first-order chi connectivity index (χ1) is 16.4. The van der Waals surface area contributed by atoms with Crippen LogP contribution in [0.3, 0.4) is 0 Å². The maximum atomic E-state index is 13.2. The van der Waals surface area contributed by atoms with Crippen molar-refractivity contribution in [3.05, 3.63) is 89.0 Å². The highest BCUT2D eigenvalue weighted by Gasteiger charge is 2.23. The molecule has 0 heterocycles. The van der Waals surface area contributed by atoms with E-state index in [-0.39, 0.29) is 4.24 Å². The number of thioether (sulfide) groups is 1. The molecule has 0 saturated carbocycles.